The average Bonchev–Trinajstić information content (AvgIpc) is 3.28. The van der Waals surface area contributed by atoms with Crippen molar-refractivity contribution in [2.45, 2.75) is 341 Å². The fourth-order valence-corrected chi connectivity index (χ4v) is 9.23. The van der Waals surface area contributed by atoms with Crippen LogP contribution in [-0.2, 0) is 14.3 Å². The lowest BCUT2D eigenvalue weighted by molar-refractivity contribution is -0.143. The molecule has 0 aliphatic carbocycles. The number of rotatable bonds is 54. The van der Waals surface area contributed by atoms with Gasteiger partial charge < -0.3 is 20.3 Å². The largest absolute Gasteiger partial charge is 0.466 e. The Balaban J connectivity index is 3.36. The molecule has 2 unspecified atom stereocenters. The van der Waals surface area contributed by atoms with E-state index >= 15 is 0 Å². The van der Waals surface area contributed by atoms with E-state index in [4.69, 9.17) is 4.74 Å². The van der Waals surface area contributed by atoms with Crippen LogP contribution in [0.4, 0.5) is 0 Å². The molecule has 0 aliphatic rings. The molecule has 0 saturated carbocycles. The van der Waals surface area contributed by atoms with Gasteiger partial charge in [-0.15, -0.1) is 0 Å². The van der Waals surface area contributed by atoms with Crippen molar-refractivity contribution in [2.75, 3.05) is 13.2 Å². The summed E-state index contributed by atoms with van der Waals surface area (Å²) in [6.07, 6.45) is 60.9. The smallest absolute Gasteiger partial charge is 0.305 e. The van der Waals surface area contributed by atoms with E-state index < -0.39 is 12.1 Å². The van der Waals surface area contributed by atoms with E-state index in [-0.39, 0.29) is 18.5 Å². The van der Waals surface area contributed by atoms with Gasteiger partial charge in [0.15, 0.2) is 0 Å². The second-order valence-corrected chi connectivity index (χ2v) is 20.0. The molecule has 0 aromatic carbocycles. The average molecular weight is 893 g/mol. The molecule has 3 N–H and O–H groups in total. The van der Waals surface area contributed by atoms with Crippen molar-refractivity contribution in [3.8, 4) is 0 Å². The van der Waals surface area contributed by atoms with Gasteiger partial charge in [-0.05, 0) is 25.7 Å². The first-order valence-electron chi connectivity index (χ1n) is 28.8. The number of aliphatic hydroxyl groups excluding tert-OH is 2. The first kappa shape index (κ1) is 61.9. The fourth-order valence-electron chi connectivity index (χ4n) is 9.23. The van der Waals surface area contributed by atoms with Gasteiger partial charge in [-0.2, -0.15) is 0 Å². The maximum absolute atomic E-state index is 12.5. The summed E-state index contributed by atoms with van der Waals surface area (Å²) in [5.74, 6) is -0.0207. The highest BCUT2D eigenvalue weighted by Crippen LogP contribution is 2.18. The van der Waals surface area contributed by atoms with Gasteiger partial charge in [0, 0.05) is 12.8 Å². The van der Waals surface area contributed by atoms with Gasteiger partial charge in [0.05, 0.1) is 25.4 Å². The van der Waals surface area contributed by atoms with Gasteiger partial charge in [-0.1, -0.05) is 290 Å². The van der Waals surface area contributed by atoms with Gasteiger partial charge in [-0.3, -0.25) is 9.59 Å². The lowest BCUT2D eigenvalue weighted by Gasteiger charge is -2.22. The molecule has 63 heavy (non-hydrogen) atoms. The van der Waals surface area contributed by atoms with Crippen molar-refractivity contribution < 1.29 is 24.5 Å². The fraction of sp³-hybridized carbons (Fsp3) is 0.965. The topological polar surface area (TPSA) is 95.9 Å². The van der Waals surface area contributed by atoms with E-state index in [1.807, 2.05) is 0 Å². The minimum atomic E-state index is -0.662. The van der Waals surface area contributed by atoms with E-state index in [1.165, 1.54) is 257 Å². The summed E-state index contributed by atoms with van der Waals surface area (Å²) in [4.78, 5) is 24.5. The molecule has 0 aliphatic heterocycles. The predicted octanol–water partition coefficient (Wildman–Crippen LogP) is 17.5. The van der Waals surface area contributed by atoms with Crippen LogP contribution < -0.4 is 5.32 Å². The molecule has 0 radical (unpaired) electrons. The van der Waals surface area contributed by atoms with Crippen LogP contribution >= 0.6 is 0 Å². The Morgan fingerprint density at radius 3 is 0.968 bits per heavy atom. The van der Waals surface area contributed by atoms with Crippen molar-refractivity contribution in [1.82, 2.24) is 5.32 Å². The number of carbonyl (C=O) groups is 2. The number of ether oxygens (including phenoxy) is 1. The van der Waals surface area contributed by atoms with E-state index in [0.29, 0.717) is 25.9 Å². The Hall–Kier alpha value is -1.14. The summed E-state index contributed by atoms with van der Waals surface area (Å²) < 4.78 is 5.47. The van der Waals surface area contributed by atoms with Crippen LogP contribution in [0.25, 0.3) is 0 Å². The van der Waals surface area contributed by atoms with E-state index in [1.54, 1.807) is 0 Å². The van der Waals surface area contributed by atoms with Gasteiger partial charge in [0.25, 0.3) is 0 Å². The standard InChI is InChI=1S/C57H113NO5/c1-3-5-7-9-11-13-15-26-29-33-37-41-45-49-55(60)54(53-59)58-56(61)50-46-42-38-34-30-27-24-22-20-18-17-19-21-23-25-28-32-36-40-44-48-52-63-57(62)51-47-43-39-35-31-16-14-12-10-8-6-4-2/h54-55,59-60H,3-53H2,1-2H3,(H,58,61). The minimum absolute atomic E-state index is 0.0134. The molecule has 2 atom stereocenters. The molecular weight excluding hydrogens is 779 g/mol. The first-order valence-corrected chi connectivity index (χ1v) is 28.8. The van der Waals surface area contributed by atoms with Crippen LogP contribution in [-0.4, -0.2) is 47.4 Å². The normalized spacial score (nSPS) is 12.5. The molecule has 376 valence electrons. The highest BCUT2D eigenvalue weighted by Gasteiger charge is 2.20. The third-order valence-corrected chi connectivity index (χ3v) is 13.7. The number of aliphatic hydroxyl groups is 2. The zero-order chi connectivity index (χ0) is 45.8. The summed E-state index contributed by atoms with van der Waals surface area (Å²) in [7, 11) is 0. The van der Waals surface area contributed by atoms with Gasteiger partial charge >= 0.3 is 5.97 Å². The summed E-state index contributed by atoms with van der Waals surface area (Å²) in [5, 5.41) is 23.2. The molecule has 0 rings (SSSR count). The molecule has 0 saturated heterocycles. The quantitative estimate of drug-likeness (QED) is 0.0418. The number of carbonyl (C=O) groups excluding carboxylic acids is 2. The van der Waals surface area contributed by atoms with Crippen molar-refractivity contribution >= 4 is 11.9 Å². The molecule has 6 nitrogen and oxygen atoms in total. The van der Waals surface area contributed by atoms with Crippen molar-refractivity contribution in [3.05, 3.63) is 0 Å². The Morgan fingerprint density at radius 2 is 0.651 bits per heavy atom. The molecule has 0 bridgehead atoms. The SMILES string of the molecule is CCCCCCCCCCCCCCCC(O)C(CO)NC(=O)CCCCCCCCCCCCCCCCCCCCCCCOC(=O)CCCCCCCCCCCCCC. The third-order valence-electron chi connectivity index (χ3n) is 13.7. The monoisotopic (exact) mass is 892 g/mol. The second-order valence-electron chi connectivity index (χ2n) is 20.0. The number of hydrogen-bond donors (Lipinski definition) is 3. The minimum Gasteiger partial charge on any atom is -0.466 e. The molecule has 0 heterocycles. The van der Waals surface area contributed by atoms with E-state index in [2.05, 4.69) is 19.2 Å². The van der Waals surface area contributed by atoms with Crippen molar-refractivity contribution in [1.29, 1.82) is 0 Å². The molecule has 6 heteroatoms. The summed E-state index contributed by atoms with van der Waals surface area (Å²) in [5.41, 5.74) is 0. The maximum Gasteiger partial charge on any atom is 0.305 e. The Kier molecular flexibility index (Phi) is 52.5. The highest BCUT2D eigenvalue weighted by molar-refractivity contribution is 5.76. The summed E-state index contributed by atoms with van der Waals surface area (Å²) in [6.45, 7) is 4.97. The zero-order valence-corrected chi connectivity index (χ0v) is 42.8. The molecule has 0 aromatic heterocycles. The van der Waals surface area contributed by atoms with Crippen LogP contribution in [0.3, 0.4) is 0 Å². The Morgan fingerprint density at radius 1 is 0.381 bits per heavy atom. The van der Waals surface area contributed by atoms with Crippen LogP contribution in [0.15, 0.2) is 0 Å². The first-order chi connectivity index (χ1) is 31.0. The van der Waals surface area contributed by atoms with Crippen LogP contribution in [0, 0.1) is 0 Å². The molecule has 0 spiro atoms. The summed E-state index contributed by atoms with van der Waals surface area (Å²) in [6, 6.07) is -0.540. The van der Waals surface area contributed by atoms with Crippen LogP contribution in [0.1, 0.15) is 328 Å². The van der Waals surface area contributed by atoms with Crippen molar-refractivity contribution in [2.24, 2.45) is 0 Å². The van der Waals surface area contributed by atoms with Crippen molar-refractivity contribution in [3.63, 3.8) is 0 Å². The van der Waals surface area contributed by atoms with Crippen LogP contribution in [0.2, 0.25) is 0 Å². The zero-order valence-electron chi connectivity index (χ0n) is 42.8. The lowest BCUT2D eigenvalue weighted by atomic mass is 10.0. The second kappa shape index (κ2) is 53.5. The van der Waals surface area contributed by atoms with Gasteiger partial charge in [-0.25, -0.2) is 0 Å². The number of unbranched alkanes of at least 4 members (excludes halogenated alkanes) is 43. The molecule has 1 amide bonds. The summed E-state index contributed by atoms with van der Waals surface area (Å²) >= 11 is 0. The predicted molar refractivity (Wildman–Crippen MR) is 274 cm³/mol. The molecular formula is C57H113NO5. The number of amides is 1. The number of hydrogen-bond acceptors (Lipinski definition) is 5. The Bertz CT molecular complexity index is 898. The molecule has 0 aromatic rings. The van der Waals surface area contributed by atoms with Crippen LogP contribution in [0.5, 0.6) is 0 Å². The lowest BCUT2D eigenvalue weighted by Crippen LogP contribution is -2.45. The highest BCUT2D eigenvalue weighted by atomic mass is 16.5. The van der Waals surface area contributed by atoms with E-state index in [9.17, 15) is 19.8 Å². The van der Waals surface area contributed by atoms with Gasteiger partial charge in [0.1, 0.15) is 0 Å². The molecule has 0 fully saturated rings. The number of nitrogens with one attached hydrogen (secondary N) is 1. The maximum atomic E-state index is 12.5. The number of esters is 1. The Labute approximate surface area is 394 Å². The third kappa shape index (κ3) is 50.1. The van der Waals surface area contributed by atoms with Gasteiger partial charge in [0.2, 0.25) is 5.91 Å². The van der Waals surface area contributed by atoms with E-state index in [0.717, 1.165) is 38.5 Å².